The molecule has 0 aliphatic carbocycles. The molecule has 1 saturated heterocycles. The van der Waals surface area contributed by atoms with E-state index in [2.05, 4.69) is 37.3 Å². The molecule has 0 saturated carbocycles. The maximum atomic E-state index is 12.3. The lowest BCUT2D eigenvalue weighted by Gasteiger charge is -2.09. The van der Waals surface area contributed by atoms with Crippen molar-refractivity contribution in [2.45, 2.75) is 25.4 Å². The van der Waals surface area contributed by atoms with Crippen molar-refractivity contribution in [3.8, 4) is 0 Å². The van der Waals surface area contributed by atoms with Crippen molar-refractivity contribution in [3.63, 3.8) is 0 Å². The third-order valence-electron chi connectivity index (χ3n) is 4.09. The van der Waals surface area contributed by atoms with Crippen LogP contribution in [0.2, 0.25) is 5.02 Å². The van der Waals surface area contributed by atoms with Gasteiger partial charge in [0, 0.05) is 15.5 Å². The molecule has 0 aromatic heterocycles. The second-order valence-corrected chi connectivity index (χ2v) is 7.21. The number of hydrazone groups is 1. The highest BCUT2D eigenvalue weighted by atomic mass is 79.9. The minimum Gasteiger partial charge on any atom is -0.271 e. The SMILES string of the molecule is C/C(=N/NC(=O)C1CC(c2ccc(Cl)cc2)NN1)c1ccc(Br)cc1. The van der Waals surface area contributed by atoms with Crippen LogP contribution in [0.25, 0.3) is 0 Å². The molecule has 1 fully saturated rings. The lowest BCUT2D eigenvalue weighted by Crippen LogP contribution is -2.41. The molecule has 1 heterocycles. The highest BCUT2D eigenvalue weighted by Crippen LogP contribution is 2.23. The Hall–Kier alpha value is -1.73. The summed E-state index contributed by atoms with van der Waals surface area (Å²) in [5.74, 6) is -0.166. The van der Waals surface area contributed by atoms with Gasteiger partial charge in [-0.25, -0.2) is 16.3 Å². The fraction of sp³-hybridized carbons (Fsp3) is 0.222. The average Bonchev–Trinajstić information content (AvgIpc) is 3.11. The predicted molar refractivity (Wildman–Crippen MR) is 103 cm³/mol. The average molecular weight is 422 g/mol. The standard InChI is InChI=1S/C18H18BrClN4O/c1-11(12-2-6-14(19)7-3-12)21-24-18(25)17-10-16(22-23-17)13-4-8-15(20)9-5-13/h2-9,16-17,22-23H,10H2,1H3,(H,24,25)/b21-11-. The molecule has 3 rings (SSSR count). The van der Waals surface area contributed by atoms with Gasteiger partial charge in [-0.3, -0.25) is 4.79 Å². The lowest BCUT2D eigenvalue weighted by molar-refractivity contribution is -0.122. The first kappa shape index (κ1) is 18.1. The molecule has 1 aliphatic heterocycles. The monoisotopic (exact) mass is 420 g/mol. The van der Waals surface area contributed by atoms with Crippen LogP contribution >= 0.6 is 27.5 Å². The number of hydrazine groups is 1. The van der Waals surface area contributed by atoms with Crippen LogP contribution in [-0.2, 0) is 4.79 Å². The molecule has 1 amide bonds. The van der Waals surface area contributed by atoms with Crippen molar-refractivity contribution < 1.29 is 4.79 Å². The zero-order valence-electron chi connectivity index (χ0n) is 13.6. The summed E-state index contributed by atoms with van der Waals surface area (Å²) in [5.41, 5.74) is 11.6. The predicted octanol–water partition coefficient (Wildman–Crippen LogP) is 3.55. The fourth-order valence-corrected chi connectivity index (χ4v) is 3.00. The molecule has 2 aromatic rings. The Balaban J connectivity index is 1.57. The summed E-state index contributed by atoms with van der Waals surface area (Å²) >= 11 is 9.31. The van der Waals surface area contributed by atoms with Gasteiger partial charge in [0.1, 0.15) is 6.04 Å². The number of rotatable bonds is 4. The van der Waals surface area contributed by atoms with Gasteiger partial charge in [-0.15, -0.1) is 0 Å². The summed E-state index contributed by atoms with van der Waals surface area (Å²) in [4.78, 5) is 12.3. The number of amides is 1. The molecule has 130 valence electrons. The molecule has 5 nitrogen and oxygen atoms in total. The third kappa shape index (κ3) is 4.67. The molecule has 0 spiro atoms. The van der Waals surface area contributed by atoms with Gasteiger partial charge in [-0.2, -0.15) is 5.10 Å². The van der Waals surface area contributed by atoms with E-state index >= 15 is 0 Å². The summed E-state index contributed by atoms with van der Waals surface area (Å²) in [6.45, 7) is 1.86. The van der Waals surface area contributed by atoms with Crippen molar-refractivity contribution in [1.29, 1.82) is 0 Å². The molecule has 1 aliphatic rings. The number of benzene rings is 2. The molecule has 2 aromatic carbocycles. The summed E-state index contributed by atoms with van der Waals surface area (Å²) in [7, 11) is 0. The Morgan fingerprint density at radius 1 is 1.16 bits per heavy atom. The number of hydrogen-bond donors (Lipinski definition) is 3. The first-order valence-electron chi connectivity index (χ1n) is 7.89. The normalized spacial score (nSPS) is 20.5. The van der Waals surface area contributed by atoms with Crippen molar-refractivity contribution in [2.24, 2.45) is 5.10 Å². The van der Waals surface area contributed by atoms with Gasteiger partial charge >= 0.3 is 0 Å². The zero-order chi connectivity index (χ0) is 17.8. The number of carbonyl (C=O) groups is 1. The molecule has 0 bridgehead atoms. The quantitative estimate of drug-likeness (QED) is 0.522. The van der Waals surface area contributed by atoms with Gasteiger partial charge in [-0.05, 0) is 48.7 Å². The number of halogens is 2. The van der Waals surface area contributed by atoms with Crippen LogP contribution in [0.1, 0.15) is 30.5 Å². The van der Waals surface area contributed by atoms with Crippen LogP contribution in [0.15, 0.2) is 58.1 Å². The van der Waals surface area contributed by atoms with Gasteiger partial charge in [0.15, 0.2) is 0 Å². The zero-order valence-corrected chi connectivity index (χ0v) is 15.9. The van der Waals surface area contributed by atoms with Crippen molar-refractivity contribution >= 4 is 39.1 Å². The molecule has 0 radical (unpaired) electrons. The van der Waals surface area contributed by atoms with Crippen LogP contribution in [0.5, 0.6) is 0 Å². The molecule has 25 heavy (non-hydrogen) atoms. The van der Waals surface area contributed by atoms with Crippen LogP contribution in [0.3, 0.4) is 0 Å². The maximum Gasteiger partial charge on any atom is 0.258 e. The third-order valence-corrected chi connectivity index (χ3v) is 4.87. The Bertz CT molecular complexity index is 777. The van der Waals surface area contributed by atoms with E-state index in [0.29, 0.717) is 11.4 Å². The Labute approximate surface area is 159 Å². The van der Waals surface area contributed by atoms with E-state index in [1.165, 1.54) is 0 Å². The van der Waals surface area contributed by atoms with Crippen molar-refractivity contribution in [1.82, 2.24) is 16.3 Å². The molecular formula is C18H18BrClN4O. The van der Waals surface area contributed by atoms with E-state index in [1.807, 2.05) is 55.5 Å². The van der Waals surface area contributed by atoms with Crippen LogP contribution in [0, 0.1) is 0 Å². The van der Waals surface area contributed by atoms with E-state index in [-0.39, 0.29) is 18.0 Å². The molecule has 2 atom stereocenters. The van der Waals surface area contributed by atoms with Crippen LogP contribution in [0.4, 0.5) is 0 Å². The Kier molecular flexibility index (Phi) is 5.86. The smallest absolute Gasteiger partial charge is 0.258 e. The first-order valence-corrected chi connectivity index (χ1v) is 9.06. The minimum atomic E-state index is -0.345. The van der Waals surface area contributed by atoms with Crippen LogP contribution in [-0.4, -0.2) is 17.7 Å². The fourth-order valence-electron chi connectivity index (χ4n) is 2.61. The number of nitrogens with one attached hydrogen (secondary N) is 3. The molecule has 2 unspecified atom stereocenters. The second kappa shape index (κ2) is 8.10. The molecule has 7 heteroatoms. The second-order valence-electron chi connectivity index (χ2n) is 5.86. The topological polar surface area (TPSA) is 65.5 Å². The van der Waals surface area contributed by atoms with Crippen molar-refractivity contribution in [3.05, 3.63) is 69.2 Å². The van der Waals surface area contributed by atoms with Gasteiger partial charge in [0.2, 0.25) is 0 Å². The highest BCUT2D eigenvalue weighted by Gasteiger charge is 2.30. The largest absolute Gasteiger partial charge is 0.271 e. The molecule has 3 N–H and O–H groups in total. The Morgan fingerprint density at radius 3 is 2.52 bits per heavy atom. The van der Waals surface area contributed by atoms with Gasteiger partial charge < -0.3 is 0 Å². The van der Waals surface area contributed by atoms with E-state index in [0.717, 1.165) is 21.3 Å². The summed E-state index contributed by atoms with van der Waals surface area (Å²) in [5, 5.41) is 4.89. The highest BCUT2D eigenvalue weighted by molar-refractivity contribution is 9.10. The van der Waals surface area contributed by atoms with E-state index in [4.69, 9.17) is 11.6 Å². The summed E-state index contributed by atoms with van der Waals surface area (Å²) in [6, 6.07) is 15.1. The Morgan fingerprint density at radius 2 is 1.84 bits per heavy atom. The number of carbonyl (C=O) groups excluding carboxylic acids is 1. The van der Waals surface area contributed by atoms with Gasteiger partial charge in [0.25, 0.3) is 5.91 Å². The van der Waals surface area contributed by atoms with Crippen LogP contribution < -0.4 is 16.3 Å². The van der Waals surface area contributed by atoms with E-state index in [1.54, 1.807) is 0 Å². The van der Waals surface area contributed by atoms with Gasteiger partial charge in [0.05, 0.1) is 5.71 Å². The first-order chi connectivity index (χ1) is 12.0. The van der Waals surface area contributed by atoms with Gasteiger partial charge in [-0.1, -0.05) is 51.8 Å². The van der Waals surface area contributed by atoms with E-state index < -0.39 is 0 Å². The number of hydrogen-bond acceptors (Lipinski definition) is 4. The summed E-state index contributed by atoms with van der Waals surface area (Å²) in [6.07, 6.45) is 0.639. The number of nitrogens with zero attached hydrogens (tertiary/aromatic N) is 1. The minimum absolute atomic E-state index is 0.0598. The maximum absolute atomic E-state index is 12.3. The van der Waals surface area contributed by atoms with E-state index in [9.17, 15) is 4.79 Å². The molecular weight excluding hydrogens is 404 g/mol. The lowest BCUT2D eigenvalue weighted by atomic mass is 10.0. The summed E-state index contributed by atoms with van der Waals surface area (Å²) < 4.78 is 1.00. The van der Waals surface area contributed by atoms with Crippen molar-refractivity contribution in [2.75, 3.05) is 0 Å².